The lowest BCUT2D eigenvalue weighted by Crippen LogP contribution is -2.20. The van der Waals surface area contributed by atoms with Gasteiger partial charge in [-0.25, -0.2) is 0 Å². The molecule has 1 heterocycles. The fraction of sp³-hybridized carbons (Fsp3) is 0.188. The Bertz CT molecular complexity index is 631. The summed E-state index contributed by atoms with van der Waals surface area (Å²) in [5.41, 5.74) is 5.78. The summed E-state index contributed by atoms with van der Waals surface area (Å²) in [7, 11) is 1.84. The number of hydrogen-bond donors (Lipinski definition) is 0. The summed E-state index contributed by atoms with van der Waals surface area (Å²) in [6.45, 7) is 2.09. The van der Waals surface area contributed by atoms with Crippen molar-refractivity contribution in [2.24, 2.45) is 0 Å². The topological polar surface area (TPSA) is 20.3 Å². The van der Waals surface area contributed by atoms with Crippen LogP contribution in [-0.2, 0) is 11.2 Å². The molecule has 2 aromatic carbocycles. The molecule has 0 aliphatic carbocycles. The number of likely N-dealkylation sites (N-methyl/N-ethyl adjacent to an activating group) is 1. The molecule has 2 nitrogen and oxygen atoms in total. The molecule has 0 aromatic heterocycles. The number of nitrogens with zero attached hydrogens (tertiary/aromatic N) is 1. The van der Waals surface area contributed by atoms with Crippen LogP contribution in [-0.4, -0.2) is 13.0 Å². The summed E-state index contributed by atoms with van der Waals surface area (Å²) in [6, 6.07) is 14.7. The van der Waals surface area contributed by atoms with E-state index in [1.165, 1.54) is 16.7 Å². The van der Waals surface area contributed by atoms with Crippen LogP contribution in [0.4, 0.5) is 5.69 Å². The van der Waals surface area contributed by atoms with Gasteiger partial charge in [-0.2, -0.15) is 0 Å². The van der Waals surface area contributed by atoms with E-state index in [1.54, 1.807) is 4.90 Å². The van der Waals surface area contributed by atoms with Gasteiger partial charge < -0.3 is 4.90 Å². The molecule has 0 spiro atoms. The van der Waals surface area contributed by atoms with Crippen molar-refractivity contribution in [2.75, 3.05) is 11.9 Å². The molecule has 0 unspecified atom stereocenters. The largest absolute Gasteiger partial charge is 0.315 e. The molecular formula is C16H15NO. The maximum atomic E-state index is 11.7. The van der Waals surface area contributed by atoms with Crippen molar-refractivity contribution in [1.29, 1.82) is 0 Å². The Kier molecular flexibility index (Phi) is 2.44. The van der Waals surface area contributed by atoms with Gasteiger partial charge in [-0.15, -0.1) is 0 Å². The van der Waals surface area contributed by atoms with Gasteiger partial charge in [-0.3, -0.25) is 4.79 Å². The van der Waals surface area contributed by atoms with Crippen LogP contribution in [0.15, 0.2) is 42.5 Å². The zero-order valence-electron chi connectivity index (χ0n) is 10.6. The molecule has 2 aromatic rings. The van der Waals surface area contributed by atoms with Crippen LogP contribution in [0.3, 0.4) is 0 Å². The monoisotopic (exact) mass is 237 g/mol. The van der Waals surface area contributed by atoms with Crippen molar-refractivity contribution in [2.45, 2.75) is 13.3 Å². The Balaban J connectivity index is 2.09. The highest BCUT2D eigenvalue weighted by molar-refractivity contribution is 6.01. The third-order valence-corrected chi connectivity index (χ3v) is 3.51. The predicted octanol–water partition coefficient (Wildman–Crippen LogP) is 3.18. The fourth-order valence-electron chi connectivity index (χ4n) is 2.45. The number of fused-ring (bicyclic) bond motifs is 1. The smallest absolute Gasteiger partial charge is 0.231 e. The first-order chi connectivity index (χ1) is 8.65. The van der Waals surface area contributed by atoms with E-state index in [-0.39, 0.29) is 5.91 Å². The highest BCUT2D eigenvalue weighted by Gasteiger charge is 2.23. The minimum Gasteiger partial charge on any atom is -0.315 e. The minimum atomic E-state index is 0.173. The van der Waals surface area contributed by atoms with Gasteiger partial charge in [0.1, 0.15) is 0 Å². The molecule has 1 aliphatic heterocycles. The highest BCUT2D eigenvalue weighted by atomic mass is 16.2. The Morgan fingerprint density at radius 3 is 2.61 bits per heavy atom. The zero-order valence-corrected chi connectivity index (χ0v) is 10.6. The predicted molar refractivity (Wildman–Crippen MR) is 73.7 cm³/mol. The minimum absolute atomic E-state index is 0.173. The van der Waals surface area contributed by atoms with E-state index in [2.05, 4.69) is 49.4 Å². The molecule has 0 fully saturated rings. The van der Waals surface area contributed by atoms with Crippen LogP contribution in [0.5, 0.6) is 0 Å². The second kappa shape index (κ2) is 3.98. The maximum Gasteiger partial charge on any atom is 0.231 e. The van der Waals surface area contributed by atoms with Crippen molar-refractivity contribution < 1.29 is 4.79 Å². The van der Waals surface area contributed by atoms with Crippen molar-refractivity contribution in [1.82, 2.24) is 0 Å². The first kappa shape index (κ1) is 11.0. The number of carbonyl (C=O) groups excluding carboxylic acids is 1. The number of carbonyl (C=O) groups is 1. The van der Waals surface area contributed by atoms with Crippen LogP contribution in [0.2, 0.25) is 0 Å². The van der Waals surface area contributed by atoms with Crippen LogP contribution < -0.4 is 4.90 Å². The lowest BCUT2D eigenvalue weighted by molar-refractivity contribution is -0.117. The second-order valence-corrected chi connectivity index (χ2v) is 4.84. The number of amides is 1. The molecule has 0 saturated heterocycles. The van der Waals surface area contributed by atoms with E-state index in [9.17, 15) is 4.79 Å². The summed E-state index contributed by atoms with van der Waals surface area (Å²) < 4.78 is 0. The molecular weight excluding hydrogens is 222 g/mol. The normalized spacial score (nSPS) is 13.9. The average molecular weight is 237 g/mol. The van der Waals surface area contributed by atoms with Crippen molar-refractivity contribution in [3.8, 4) is 11.1 Å². The molecule has 2 heteroatoms. The molecule has 1 amide bonds. The third-order valence-electron chi connectivity index (χ3n) is 3.51. The number of benzene rings is 2. The van der Waals surface area contributed by atoms with Gasteiger partial charge in [0, 0.05) is 12.7 Å². The summed E-state index contributed by atoms with van der Waals surface area (Å²) in [6.07, 6.45) is 0.528. The third kappa shape index (κ3) is 1.70. The van der Waals surface area contributed by atoms with Crippen LogP contribution >= 0.6 is 0 Å². The number of aryl methyl sites for hydroxylation is 1. The molecule has 18 heavy (non-hydrogen) atoms. The number of hydrogen-bond acceptors (Lipinski definition) is 1. The van der Waals surface area contributed by atoms with Crippen molar-refractivity contribution in [3.05, 3.63) is 53.6 Å². The van der Waals surface area contributed by atoms with E-state index >= 15 is 0 Å². The fourth-order valence-corrected chi connectivity index (χ4v) is 2.45. The first-order valence-corrected chi connectivity index (χ1v) is 6.12. The molecule has 0 bridgehead atoms. The molecule has 0 saturated carbocycles. The van der Waals surface area contributed by atoms with Crippen LogP contribution in [0.25, 0.3) is 11.1 Å². The lowest BCUT2D eigenvalue weighted by atomic mass is 10.0. The van der Waals surface area contributed by atoms with Crippen molar-refractivity contribution in [3.63, 3.8) is 0 Å². The Morgan fingerprint density at radius 2 is 1.83 bits per heavy atom. The van der Waals surface area contributed by atoms with Gasteiger partial charge >= 0.3 is 0 Å². The Hall–Kier alpha value is -2.09. The molecule has 0 N–H and O–H groups in total. The van der Waals surface area contributed by atoms with Crippen LogP contribution in [0.1, 0.15) is 11.1 Å². The molecule has 0 radical (unpaired) electrons. The van der Waals surface area contributed by atoms with Gasteiger partial charge in [0.15, 0.2) is 0 Å². The van der Waals surface area contributed by atoms with Gasteiger partial charge in [0.25, 0.3) is 0 Å². The van der Waals surface area contributed by atoms with E-state index < -0.39 is 0 Å². The van der Waals surface area contributed by atoms with Gasteiger partial charge in [-0.05, 0) is 29.7 Å². The van der Waals surface area contributed by atoms with Crippen LogP contribution in [0, 0.1) is 6.92 Å². The molecule has 1 aliphatic rings. The highest BCUT2D eigenvalue weighted by Crippen LogP contribution is 2.32. The standard InChI is InChI=1S/C16H15NO/c1-11-4-3-5-12(8-11)13-6-7-14-10-16(18)17(2)15(14)9-13/h3-9H,10H2,1-2H3. The quantitative estimate of drug-likeness (QED) is 0.746. The van der Waals surface area contributed by atoms with E-state index in [0.717, 1.165) is 11.3 Å². The van der Waals surface area contributed by atoms with E-state index in [0.29, 0.717) is 6.42 Å². The maximum absolute atomic E-state index is 11.7. The van der Waals surface area contributed by atoms with E-state index in [4.69, 9.17) is 0 Å². The lowest BCUT2D eigenvalue weighted by Gasteiger charge is -2.12. The molecule has 0 atom stereocenters. The first-order valence-electron chi connectivity index (χ1n) is 6.12. The Morgan fingerprint density at radius 1 is 1.06 bits per heavy atom. The number of rotatable bonds is 1. The summed E-state index contributed by atoms with van der Waals surface area (Å²) >= 11 is 0. The zero-order chi connectivity index (χ0) is 12.7. The second-order valence-electron chi connectivity index (χ2n) is 4.84. The van der Waals surface area contributed by atoms with E-state index in [1.807, 2.05) is 7.05 Å². The summed E-state index contributed by atoms with van der Waals surface area (Å²) in [5.74, 6) is 0.173. The molecule has 3 rings (SSSR count). The summed E-state index contributed by atoms with van der Waals surface area (Å²) in [4.78, 5) is 13.4. The van der Waals surface area contributed by atoms with Crippen molar-refractivity contribution >= 4 is 11.6 Å². The molecule has 90 valence electrons. The van der Waals surface area contributed by atoms with Gasteiger partial charge in [0.05, 0.1) is 6.42 Å². The Labute approximate surface area is 107 Å². The number of anilines is 1. The average Bonchev–Trinajstić information content (AvgIpc) is 2.65. The SMILES string of the molecule is Cc1cccc(-c2ccc3c(c2)N(C)C(=O)C3)c1. The van der Waals surface area contributed by atoms with Gasteiger partial charge in [0.2, 0.25) is 5.91 Å². The summed E-state index contributed by atoms with van der Waals surface area (Å²) in [5, 5.41) is 0. The van der Waals surface area contributed by atoms with Gasteiger partial charge in [-0.1, -0.05) is 42.0 Å².